The summed E-state index contributed by atoms with van der Waals surface area (Å²) in [6.45, 7) is 2.11. The molecule has 1 aromatic rings. The van der Waals surface area contributed by atoms with Gasteiger partial charge in [-0.05, 0) is 36.8 Å². The van der Waals surface area contributed by atoms with E-state index in [0.29, 0.717) is 13.0 Å². The van der Waals surface area contributed by atoms with E-state index in [1.54, 1.807) is 0 Å². The second-order valence-corrected chi connectivity index (χ2v) is 10.3. The maximum absolute atomic E-state index is 13.2. The van der Waals surface area contributed by atoms with Crippen LogP contribution < -0.4 is 0 Å². The molecule has 2 aliphatic heterocycles. The predicted octanol–water partition coefficient (Wildman–Crippen LogP) is 2.00. The van der Waals surface area contributed by atoms with Gasteiger partial charge in [0, 0.05) is 25.2 Å². The van der Waals surface area contributed by atoms with Crippen LogP contribution in [-0.4, -0.2) is 60.8 Å². The summed E-state index contributed by atoms with van der Waals surface area (Å²) in [5.74, 6) is 0.502. The van der Waals surface area contributed by atoms with Crippen LogP contribution in [0.15, 0.2) is 24.3 Å². The Balaban J connectivity index is 1.46. The van der Waals surface area contributed by atoms with Crippen molar-refractivity contribution in [1.29, 1.82) is 0 Å². The fourth-order valence-corrected chi connectivity index (χ4v) is 6.56. The van der Waals surface area contributed by atoms with Crippen molar-refractivity contribution in [3.8, 4) is 0 Å². The predicted molar refractivity (Wildman–Crippen MR) is 102 cm³/mol. The quantitative estimate of drug-likeness (QED) is 0.807. The molecule has 0 N–H and O–H groups in total. The highest BCUT2D eigenvalue weighted by Crippen LogP contribution is 2.29. The van der Waals surface area contributed by atoms with Gasteiger partial charge in [0.05, 0.1) is 18.1 Å². The summed E-state index contributed by atoms with van der Waals surface area (Å²) in [5.41, 5.74) is 2.69. The van der Waals surface area contributed by atoms with Crippen molar-refractivity contribution in [2.24, 2.45) is 0 Å². The number of nitrogens with zero attached hydrogens (tertiary/aromatic N) is 2. The monoisotopic (exact) mass is 376 g/mol. The van der Waals surface area contributed by atoms with Gasteiger partial charge in [0.15, 0.2) is 9.84 Å². The third kappa shape index (κ3) is 3.81. The van der Waals surface area contributed by atoms with Crippen molar-refractivity contribution in [3.63, 3.8) is 0 Å². The summed E-state index contributed by atoms with van der Waals surface area (Å²) < 4.78 is 23.9. The molecule has 0 radical (unpaired) electrons. The standard InChI is InChI=1S/C20H28N2O3S/c23-20(14-21-11-9-16-5-1-2-6-17(16)13-21)22(18-7-3-4-8-18)19-10-12-26(24,25)15-19/h1-2,5-6,18-19H,3-4,7-15H2/t19-/m0/s1. The maximum Gasteiger partial charge on any atom is 0.237 e. The lowest BCUT2D eigenvalue weighted by Crippen LogP contribution is -2.51. The van der Waals surface area contributed by atoms with E-state index in [4.69, 9.17) is 0 Å². The zero-order chi connectivity index (χ0) is 18.1. The second kappa shape index (κ2) is 7.31. The van der Waals surface area contributed by atoms with Crippen molar-refractivity contribution >= 4 is 15.7 Å². The van der Waals surface area contributed by atoms with Crippen LogP contribution in [0.1, 0.15) is 43.2 Å². The molecule has 5 nitrogen and oxygen atoms in total. The molecule has 1 saturated heterocycles. The molecule has 3 aliphatic rings. The Morgan fingerprint density at radius 3 is 2.50 bits per heavy atom. The van der Waals surface area contributed by atoms with Gasteiger partial charge in [0.1, 0.15) is 0 Å². The largest absolute Gasteiger partial charge is 0.335 e. The minimum absolute atomic E-state index is 0.118. The number of rotatable bonds is 4. The van der Waals surface area contributed by atoms with Crippen molar-refractivity contribution in [1.82, 2.24) is 9.80 Å². The average Bonchev–Trinajstić information content (AvgIpc) is 3.25. The molecule has 142 valence electrons. The third-order valence-electron chi connectivity index (χ3n) is 6.18. The molecule has 4 rings (SSSR count). The summed E-state index contributed by atoms with van der Waals surface area (Å²) in [6, 6.07) is 8.55. The van der Waals surface area contributed by atoms with Crippen molar-refractivity contribution in [2.75, 3.05) is 24.6 Å². The van der Waals surface area contributed by atoms with Crippen LogP contribution in [0.25, 0.3) is 0 Å². The lowest BCUT2D eigenvalue weighted by molar-refractivity contribution is -0.137. The van der Waals surface area contributed by atoms with Crippen LogP contribution in [0.3, 0.4) is 0 Å². The number of benzene rings is 1. The molecule has 1 aliphatic carbocycles. The first-order valence-corrected chi connectivity index (χ1v) is 11.6. The Morgan fingerprint density at radius 1 is 1.08 bits per heavy atom. The highest BCUT2D eigenvalue weighted by Gasteiger charge is 2.39. The Labute approximate surface area is 156 Å². The number of hydrogen-bond acceptors (Lipinski definition) is 4. The topological polar surface area (TPSA) is 57.7 Å². The molecule has 1 saturated carbocycles. The van der Waals surface area contributed by atoms with Crippen LogP contribution in [-0.2, 0) is 27.6 Å². The van der Waals surface area contributed by atoms with E-state index in [-0.39, 0.29) is 29.5 Å². The molecule has 26 heavy (non-hydrogen) atoms. The Hall–Kier alpha value is -1.40. The average molecular weight is 377 g/mol. The first-order chi connectivity index (χ1) is 12.5. The van der Waals surface area contributed by atoms with Gasteiger partial charge >= 0.3 is 0 Å². The van der Waals surface area contributed by atoms with Crippen molar-refractivity contribution in [2.45, 2.75) is 57.2 Å². The van der Waals surface area contributed by atoms with Crippen LogP contribution in [0.2, 0.25) is 0 Å². The van der Waals surface area contributed by atoms with E-state index in [1.165, 1.54) is 11.1 Å². The lowest BCUT2D eigenvalue weighted by atomic mass is 10.00. The number of hydrogen-bond donors (Lipinski definition) is 0. The maximum atomic E-state index is 13.2. The van der Waals surface area contributed by atoms with Gasteiger partial charge in [-0.3, -0.25) is 9.69 Å². The molecule has 6 heteroatoms. The number of carbonyl (C=O) groups excluding carboxylic acids is 1. The van der Waals surface area contributed by atoms with E-state index >= 15 is 0 Å². The van der Waals surface area contributed by atoms with Gasteiger partial charge in [-0.25, -0.2) is 8.42 Å². The molecule has 2 heterocycles. The summed E-state index contributed by atoms with van der Waals surface area (Å²) in [6.07, 6.45) is 5.91. The number of carbonyl (C=O) groups is 1. The Bertz CT molecular complexity index is 771. The number of sulfone groups is 1. The molecular weight excluding hydrogens is 348 g/mol. The van der Waals surface area contributed by atoms with Crippen LogP contribution in [0, 0.1) is 0 Å². The number of amides is 1. The van der Waals surface area contributed by atoms with E-state index in [9.17, 15) is 13.2 Å². The molecule has 2 fully saturated rings. The van der Waals surface area contributed by atoms with Crippen LogP contribution in [0.4, 0.5) is 0 Å². The van der Waals surface area contributed by atoms with E-state index in [2.05, 4.69) is 29.2 Å². The summed E-state index contributed by atoms with van der Waals surface area (Å²) in [4.78, 5) is 17.4. The highest BCUT2D eigenvalue weighted by molar-refractivity contribution is 7.91. The first kappa shape index (κ1) is 18.0. The normalized spacial score (nSPS) is 25.9. The van der Waals surface area contributed by atoms with Gasteiger partial charge in [-0.15, -0.1) is 0 Å². The van der Waals surface area contributed by atoms with Crippen molar-refractivity contribution < 1.29 is 13.2 Å². The van der Waals surface area contributed by atoms with E-state index in [1.807, 2.05) is 4.90 Å². The third-order valence-corrected chi connectivity index (χ3v) is 7.93. The summed E-state index contributed by atoms with van der Waals surface area (Å²) >= 11 is 0. The molecule has 1 aromatic carbocycles. The Morgan fingerprint density at radius 2 is 1.81 bits per heavy atom. The molecule has 1 atom stereocenters. The molecule has 0 bridgehead atoms. The SMILES string of the molecule is O=C(CN1CCc2ccccc2C1)N(C1CCCC1)[C@H]1CCS(=O)(=O)C1. The van der Waals surface area contributed by atoms with Gasteiger partial charge in [-0.2, -0.15) is 0 Å². The van der Waals surface area contributed by atoms with Crippen LogP contribution in [0.5, 0.6) is 0 Å². The van der Waals surface area contributed by atoms with Crippen molar-refractivity contribution in [3.05, 3.63) is 35.4 Å². The molecule has 0 aromatic heterocycles. The molecule has 0 spiro atoms. The minimum Gasteiger partial charge on any atom is -0.335 e. The van der Waals surface area contributed by atoms with Gasteiger partial charge in [0.25, 0.3) is 0 Å². The molecule has 0 unspecified atom stereocenters. The van der Waals surface area contributed by atoms with Gasteiger partial charge in [-0.1, -0.05) is 37.1 Å². The summed E-state index contributed by atoms with van der Waals surface area (Å²) in [7, 11) is -2.98. The minimum atomic E-state index is -2.98. The summed E-state index contributed by atoms with van der Waals surface area (Å²) in [5, 5.41) is 0. The highest BCUT2D eigenvalue weighted by atomic mass is 32.2. The lowest BCUT2D eigenvalue weighted by Gasteiger charge is -2.37. The number of fused-ring (bicyclic) bond motifs is 1. The Kier molecular flexibility index (Phi) is 5.06. The smallest absolute Gasteiger partial charge is 0.237 e. The second-order valence-electron chi connectivity index (χ2n) is 8.03. The van der Waals surface area contributed by atoms with Gasteiger partial charge in [0.2, 0.25) is 5.91 Å². The molecule has 1 amide bonds. The molecular formula is C20H28N2O3S. The van der Waals surface area contributed by atoms with E-state index < -0.39 is 9.84 Å². The van der Waals surface area contributed by atoms with Crippen LogP contribution >= 0.6 is 0 Å². The zero-order valence-electron chi connectivity index (χ0n) is 15.3. The first-order valence-electron chi connectivity index (χ1n) is 9.82. The fourth-order valence-electron chi connectivity index (χ4n) is 4.84. The van der Waals surface area contributed by atoms with E-state index in [0.717, 1.165) is 45.2 Å². The zero-order valence-corrected chi connectivity index (χ0v) is 16.1. The fraction of sp³-hybridized carbons (Fsp3) is 0.650. The van der Waals surface area contributed by atoms with Gasteiger partial charge < -0.3 is 4.90 Å².